The summed E-state index contributed by atoms with van der Waals surface area (Å²) in [7, 11) is 0. The molecule has 0 radical (unpaired) electrons. The van der Waals surface area contributed by atoms with E-state index in [0.29, 0.717) is 36.8 Å². The van der Waals surface area contributed by atoms with E-state index in [4.69, 9.17) is 15.2 Å². The molecule has 0 saturated heterocycles. The third kappa shape index (κ3) is 2.04. The monoisotopic (exact) mass is 283 g/mol. The van der Waals surface area contributed by atoms with Crippen LogP contribution >= 0.6 is 0 Å². The highest BCUT2D eigenvalue weighted by atomic mass is 19.3. The van der Waals surface area contributed by atoms with Gasteiger partial charge in [0.2, 0.25) is 0 Å². The Morgan fingerprint density at radius 3 is 2.25 bits per heavy atom. The SMILES string of the molecule is CC(F)(F)c1cc2c(cc1C1(CN)CCC1)OCCO2. The van der Waals surface area contributed by atoms with E-state index in [1.54, 1.807) is 6.07 Å². The van der Waals surface area contributed by atoms with Crippen LogP contribution in [0.2, 0.25) is 0 Å². The molecular formula is C15H19F2NO2. The van der Waals surface area contributed by atoms with Gasteiger partial charge in [0.1, 0.15) is 13.2 Å². The summed E-state index contributed by atoms with van der Waals surface area (Å²) in [6, 6.07) is 3.15. The molecule has 0 spiro atoms. The van der Waals surface area contributed by atoms with Gasteiger partial charge >= 0.3 is 0 Å². The summed E-state index contributed by atoms with van der Waals surface area (Å²) in [6.07, 6.45) is 2.73. The first-order valence-electron chi connectivity index (χ1n) is 6.99. The Hall–Kier alpha value is -1.36. The molecule has 0 unspecified atom stereocenters. The van der Waals surface area contributed by atoms with E-state index in [1.165, 1.54) is 6.07 Å². The van der Waals surface area contributed by atoms with Crippen molar-refractivity contribution in [2.45, 2.75) is 37.5 Å². The van der Waals surface area contributed by atoms with Crippen molar-refractivity contribution < 1.29 is 18.3 Å². The molecule has 1 heterocycles. The zero-order valence-corrected chi connectivity index (χ0v) is 11.5. The quantitative estimate of drug-likeness (QED) is 0.927. The Kier molecular flexibility index (Phi) is 3.12. The summed E-state index contributed by atoms with van der Waals surface area (Å²) in [5.41, 5.74) is 6.19. The summed E-state index contributed by atoms with van der Waals surface area (Å²) in [5, 5.41) is 0. The predicted molar refractivity (Wildman–Crippen MR) is 71.6 cm³/mol. The maximum Gasteiger partial charge on any atom is 0.270 e. The average Bonchev–Trinajstić information content (AvgIpc) is 2.36. The van der Waals surface area contributed by atoms with Gasteiger partial charge in [0.15, 0.2) is 11.5 Å². The van der Waals surface area contributed by atoms with Crippen molar-refractivity contribution in [1.29, 1.82) is 0 Å². The highest BCUT2D eigenvalue weighted by Gasteiger charge is 2.43. The van der Waals surface area contributed by atoms with E-state index in [2.05, 4.69) is 0 Å². The van der Waals surface area contributed by atoms with Gasteiger partial charge < -0.3 is 15.2 Å². The zero-order valence-electron chi connectivity index (χ0n) is 11.5. The first-order valence-corrected chi connectivity index (χ1v) is 6.99. The summed E-state index contributed by atoms with van der Waals surface area (Å²) < 4.78 is 38.9. The molecule has 1 fully saturated rings. The van der Waals surface area contributed by atoms with Gasteiger partial charge in [-0.05, 0) is 30.5 Å². The maximum absolute atomic E-state index is 14.0. The highest BCUT2D eigenvalue weighted by molar-refractivity contribution is 5.52. The molecule has 5 heteroatoms. The van der Waals surface area contributed by atoms with Gasteiger partial charge in [-0.25, -0.2) is 8.78 Å². The average molecular weight is 283 g/mol. The number of hydrogen-bond acceptors (Lipinski definition) is 3. The Balaban J connectivity index is 2.15. The van der Waals surface area contributed by atoms with Gasteiger partial charge in [-0.2, -0.15) is 0 Å². The largest absolute Gasteiger partial charge is 0.486 e. The van der Waals surface area contributed by atoms with Crippen molar-refractivity contribution in [1.82, 2.24) is 0 Å². The standard InChI is InChI=1S/C15H19F2NO2/c1-14(16,17)10-7-12-13(20-6-5-19-12)8-11(10)15(9-18)3-2-4-15/h7-8H,2-6,9,18H2,1H3. The lowest BCUT2D eigenvalue weighted by atomic mass is 9.63. The van der Waals surface area contributed by atoms with E-state index in [-0.39, 0.29) is 11.0 Å². The molecule has 20 heavy (non-hydrogen) atoms. The van der Waals surface area contributed by atoms with Crippen molar-refractivity contribution in [3.63, 3.8) is 0 Å². The third-order valence-corrected chi connectivity index (χ3v) is 4.43. The van der Waals surface area contributed by atoms with E-state index < -0.39 is 5.92 Å². The molecule has 1 aromatic rings. The van der Waals surface area contributed by atoms with Gasteiger partial charge in [-0.1, -0.05) is 6.42 Å². The van der Waals surface area contributed by atoms with E-state index in [0.717, 1.165) is 26.2 Å². The molecule has 3 rings (SSSR count). The second-order valence-corrected chi connectivity index (χ2v) is 5.77. The smallest absolute Gasteiger partial charge is 0.270 e. The number of hydrogen-bond donors (Lipinski definition) is 1. The second-order valence-electron chi connectivity index (χ2n) is 5.77. The van der Waals surface area contributed by atoms with E-state index in [1.807, 2.05) is 0 Å². The Morgan fingerprint density at radius 2 is 1.80 bits per heavy atom. The number of ether oxygens (including phenoxy) is 2. The molecular weight excluding hydrogens is 264 g/mol. The van der Waals surface area contributed by atoms with Crippen LogP contribution in [0.5, 0.6) is 11.5 Å². The summed E-state index contributed by atoms with van der Waals surface area (Å²) in [6.45, 7) is 2.15. The molecule has 0 bridgehead atoms. The molecule has 1 aliphatic heterocycles. The van der Waals surface area contributed by atoms with Gasteiger partial charge in [0.05, 0.1) is 0 Å². The van der Waals surface area contributed by atoms with Crippen molar-refractivity contribution in [2.75, 3.05) is 19.8 Å². The lowest BCUT2D eigenvalue weighted by molar-refractivity contribution is 0.0136. The Labute approximate surface area is 117 Å². The molecule has 0 amide bonds. The van der Waals surface area contributed by atoms with Crippen LogP contribution < -0.4 is 15.2 Å². The van der Waals surface area contributed by atoms with Gasteiger partial charge in [0, 0.05) is 24.4 Å². The fourth-order valence-corrected chi connectivity index (χ4v) is 3.08. The van der Waals surface area contributed by atoms with Gasteiger partial charge in [-0.15, -0.1) is 0 Å². The fraction of sp³-hybridized carbons (Fsp3) is 0.600. The first kappa shape index (κ1) is 13.6. The van der Waals surface area contributed by atoms with Crippen LogP contribution in [0.3, 0.4) is 0 Å². The third-order valence-electron chi connectivity index (χ3n) is 4.43. The molecule has 1 saturated carbocycles. The number of alkyl halides is 2. The summed E-state index contributed by atoms with van der Waals surface area (Å²) >= 11 is 0. The minimum atomic E-state index is -2.91. The van der Waals surface area contributed by atoms with Crippen LogP contribution in [0.25, 0.3) is 0 Å². The van der Waals surface area contributed by atoms with Gasteiger partial charge in [-0.3, -0.25) is 0 Å². The molecule has 2 aliphatic rings. The lowest BCUT2D eigenvalue weighted by Crippen LogP contribution is -2.43. The van der Waals surface area contributed by atoms with Crippen LogP contribution in [0.1, 0.15) is 37.3 Å². The zero-order chi connectivity index (χ0) is 14.4. The van der Waals surface area contributed by atoms with Crippen LogP contribution in [-0.4, -0.2) is 19.8 Å². The Morgan fingerprint density at radius 1 is 1.20 bits per heavy atom. The topological polar surface area (TPSA) is 44.5 Å². The Bertz CT molecular complexity index is 516. The van der Waals surface area contributed by atoms with Gasteiger partial charge in [0.25, 0.3) is 5.92 Å². The van der Waals surface area contributed by atoms with Crippen molar-refractivity contribution in [3.8, 4) is 11.5 Å². The molecule has 2 N–H and O–H groups in total. The molecule has 1 aliphatic carbocycles. The van der Waals surface area contributed by atoms with Crippen molar-refractivity contribution in [2.24, 2.45) is 5.73 Å². The lowest BCUT2D eigenvalue weighted by Gasteiger charge is -2.43. The second kappa shape index (κ2) is 4.58. The van der Waals surface area contributed by atoms with E-state index >= 15 is 0 Å². The highest BCUT2D eigenvalue weighted by Crippen LogP contribution is 2.50. The van der Waals surface area contributed by atoms with E-state index in [9.17, 15) is 8.78 Å². The molecule has 0 atom stereocenters. The maximum atomic E-state index is 14.0. The minimum Gasteiger partial charge on any atom is -0.486 e. The summed E-state index contributed by atoms with van der Waals surface area (Å²) in [5.74, 6) is -1.95. The number of fused-ring (bicyclic) bond motifs is 1. The molecule has 3 nitrogen and oxygen atoms in total. The molecule has 110 valence electrons. The number of rotatable bonds is 3. The minimum absolute atomic E-state index is 0.0203. The van der Waals surface area contributed by atoms with Crippen LogP contribution in [0, 0.1) is 0 Å². The first-order chi connectivity index (χ1) is 9.46. The molecule has 0 aromatic heterocycles. The van der Waals surface area contributed by atoms with Crippen LogP contribution in [-0.2, 0) is 11.3 Å². The number of halogens is 2. The summed E-state index contributed by atoms with van der Waals surface area (Å²) in [4.78, 5) is 0. The van der Waals surface area contributed by atoms with Crippen molar-refractivity contribution >= 4 is 0 Å². The number of nitrogens with two attached hydrogens (primary N) is 1. The molecule has 1 aromatic carbocycles. The number of benzene rings is 1. The van der Waals surface area contributed by atoms with Crippen molar-refractivity contribution in [3.05, 3.63) is 23.3 Å². The van der Waals surface area contributed by atoms with Crippen LogP contribution in [0.4, 0.5) is 8.78 Å². The van der Waals surface area contributed by atoms with Crippen LogP contribution in [0.15, 0.2) is 12.1 Å². The predicted octanol–water partition coefficient (Wildman–Crippen LogP) is 2.95. The normalized spacial score (nSPS) is 20.4. The fourth-order valence-electron chi connectivity index (χ4n) is 3.08.